The SMILES string of the molecule is [C-]#[N+]CCOP1(=S)OCCn2c(nc3cncnc32)COP(O)(=S)O[C@@H]2[C@H](F)[C@@H](CO1)O[C@H]2n1cnc2c(=O)[nH]cnc21. The van der Waals surface area contributed by atoms with Crippen LogP contribution in [0.5, 0.6) is 0 Å². The van der Waals surface area contributed by atoms with E-state index in [-0.39, 0.29) is 44.1 Å². The molecule has 43 heavy (non-hydrogen) atoms. The lowest BCUT2D eigenvalue weighted by molar-refractivity contribution is -0.0471. The van der Waals surface area contributed by atoms with Crippen LogP contribution >= 0.6 is 13.4 Å². The molecular weight excluding hydrogens is 651 g/mol. The second-order valence-corrected chi connectivity index (χ2v) is 14.9. The van der Waals surface area contributed by atoms with Gasteiger partial charge in [-0.05, 0) is 23.6 Å². The Bertz CT molecular complexity index is 1850. The van der Waals surface area contributed by atoms with Crippen LogP contribution in [0.1, 0.15) is 12.1 Å². The van der Waals surface area contributed by atoms with E-state index in [1.807, 2.05) is 0 Å². The monoisotopic (exact) mass is 673 g/mol. The van der Waals surface area contributed by atoms with E-state index in [0.29, 0.717) is 17.0 Å². The molecule has 1 fully saturated rings. The van der Waals surface area contributed by atoms with Crippen molar-refractivity contribution in [1.82, 2.24) is 39.0 Å². The van der Waals surface area contributed by atoms with Gasteiger partial charge in [-0.2, -0.15) is 0 Å². The summed E-state index contributed by atoms with van der Waals surface area (Å²) in [6, 6.07) is 0. The first-order valence-corrected chi connectivity index (χ1v) is 17.7. The molecule has 0 saturated carbocycles. The molecule has 1 saturated heterocycles. The Hall–Kier alpha value is -2.66. The minimum absolute atomic E-state index is 0.000279. The van der Waals surface area contributed by atoms with E-state index < -0.39 is 50.2 Å². The highest BCUT2D eigenvalue weighted by molar-refractivity contribution is 8.07. The van der Waals surface area contributed by atoms with E-state index in [4.69, 9.17) is 57.5 Å². The summed E-state index contributed by atoms with van der Waals surface area (Å²) in [6.07, 6.45) is -0.903. The normalized spacial score (nSPS) is 30.4. The van der Waals surface area contributed by atoms with Crippen LogP contribution < -0.4 is 5.56 Å². The van der Waals surface area contributed by atoms with Gasteiger partial charge in [-0.1, -0.05) is 0 Å². The number of H-pyrrole nitrogens is 1. The first-order valence-electron chi connectivity index (χ1n) is 12.6. The van der Waals surface area contributed by atoms with Gasteiger partial charge in [-0.15, -0.1) is 0 Å². The number of hydrogen-bond donors (Lipinski definition) is 2. The van der Waals surface area contributed by atoms with Gasteiger partial charge in [0.1, 0.15) is 43.1 Å². The predicted molar refractivity (Wildman–Crippen MR) is 152 cm³/mol. The number of aromatic amines is 1. The lowest BCUT2D eigenvalue weighted by Crippen LogP contribution is -2.32. The molecule has 2 aliphatic heterocycles. The zero-order valence-electron chi connectivity index (χ0n) is 21.8. The highest BCUT2D eigenvalue weighted by Gasteiger charge is 2.50. The van der Waals surface area contributed by atoms with Crippen LogP contribution in [0.3, 0.4) is 0 Å². The van der Waals surface area contributed by atoms with Gasteiger partial charge in [-0.3, -0.25) is 13.9 Å². The largest absolute Gasteiger partial charge is 0.346 e. The highest BCUT2D eigenvalue weighted by atomic mass is 32.5. The van der Waals surface area contributed by atoms with Gasteiger partial charge in [-0.25, -0.2) is 35.9 Å². The predicted octanol–water partition coefficient (Wildman–Crippen LogP) is 1.52. The van der Waals surface area contributed by atoms with E-state index in [1.165, 1.54) is 23.4 Å². The summed E-state index contributed by atoms with van der Waals surface area (Å²) < 4.78 is 53.7. The van der Waals surface area contributed by atoms with Crippen LogP contribution in [-0.2, 0) is 64.1 Å². The maximum Gasteiger partial charge on any atom is 0.327 e. The number of alkyl halides is 1. The average Bonchev–Trinajstić information content (AvgIpc) is 3.65. The van der Waals surface area contributed by atoms with E-state index in [9.17, 15) is 9.69 Å². The topological polar surface area (TPSA) is 187 Å². The van der Waals surface area contributed by atoms with Crippen molar-refractivity contribution in [1.29, 1.82) is 0 Å². The molecule has 0 spiro atoms. The molecule has 4 aromatic heterocycles. The van der Waals surface area contributed by atoms with Gasteiger partial charge in [0.2, 0.25) is 6.54 Å². The quantitative estimate of drug-likeness (QED) is 0.180. The second kappa shape index (κ2) is 12.4. The number of halogens is 1. The van der Waals surface area contributed by atoms with Crippen molar-refractivity contribution in [3.8, 4) is 0 Å². The molecule has 6 atom stereocenters. The van der Waals surface area contributed by atoms with Gasteiger partial charge in [0, 0.05) is 6.54 Å². The fourth-order valence-electron chi connectivity index (χ4n) is 4.53. The number of fused-ring (bicyclic) bond motifs is 6. The van der Waals surface area contributed by atoms with E-state index in [0.717, 1.165) is 6.33 Å². The second-order valence-electron chi connectivity index (χ2n) is 9.08. The Morgan fingerprint density at radius 3 is 2.95 bits per heavy atom. The molecule has 22 heteroatoms. The Balaban J connectivity index is 1.37. The number of imidazole rings is 2. The molecule has 4 aromatic rings. The van der Waals surface area contributed by atoms with E-state index >= 15 is 4.39 Å². The molecule has 2 unspecified atom stereocenters. The molecule has 0 amide bonds. The molecule has 0 radical (unpaired) electrons. The summed E-state index contributed by atoms with van der Waals surface area (Å²) in [5, 5.41) is 0. The lowest BCUT2D eigenvalue weighted by atomic mass is 10.1. The minimum atomic E-state index is -4.15. The van der Waals surface area contributed by atoms with Crippen LogP contribution in [-0.4, -0.2) is 88.7 Å². The lowest BCUT2D eigenvalue weighted by Gasteiger charge is -2.25. The molecule has 0 aromatic carbocycles. The summed E-state index contributed by atoms with van der Waals surface area (Å²) in [7, 11) is 0. The Kier molecular flexibility index (Phi) is 8.75. The third-order valence-corrected chi connectivity index (χ3v) is 10.4. The number of hydrogen-bond acceptors (Lipinski definition) is 14. The number of nitrogens with one attached hydrogen (secondary N) is 1. The molecule has 2 bridgehead atoms. The fraction of sp³-hybridized carbons (Fsp3) is 0.476. The molecule has 2 N–H and O–H groups in total. The van der Waals surface area contributed by atoms with Crippen molar-refractivity contribution in [2.24, 2.45) is 0 Å². The summed E-state index contributed by atoms with van der Waals surface area (Å²) in [6.45, 7) is -1.38. The smallest absolute Gasteiger partial charge is 0.327 e. The zero-order valence-corrected chi connectivity index (χ0v) is 25.3. The van der Waals surface area contributed by atoms with Crippen LogP contribution in [0, 0.1) is 6.57 Å². The number of aromatic nitrogens is 8. The van der Waals surface area contributed by atoms with Gasteiger partial charge in [0.05, 0.1) is 32.1 Å². The third-order valence-electron chi connectivity index (χ3n) is 6.42. The van der Waals surface area contributed by atoms with Crippen LogP contribution in [0.25, 0.3) is 27.2 Å². The Morgan fingerprint density at radius 1 is 1.26 bits per heavy atom. The number of ether oxygens (including phenoxy) is 1. The van der Waals surface area contributed by atoms with Crippen molar-refractivity contribution in [3.63, 3.8) is 0 Å². The first-order chi connectivity index (χ1) is 20.7. The average molecular weight is 674 g/mol. The van der Waals surface area contributed by atoms with E-state index in [1.54, 1.807) is 4.57 Å². The summed E-state index contributed by atoms with van der Waals surface area (Å²) >= 11 is 10.8. The van der Waals surface area contributed by atoms with Crippen LogP contribution in [0.15, 0.2) is 30.0 Å². The van der Waals surface area contributed by atoms with Gasteiger partial charge >= 0.3 is 13.4 Å². The first kappa shape index (κ1) is 30.4. The summed E-state index contributed by atoms with van der Waals surface area (Å²) in [5.41, 5.74) is 0.402. The van der Waals surface area contributed by atoms with Crippen molar-refractivity contribution < 1.29 is 36.6 Å². The van der Waals surface area contributed by atoms with Crippen molar-refractivity contribution >= 4 is 59.4 Å². The standard InChI is InChI=1S/C21H22FN9O8P2S2/c1-23-2-4-34-41(43)35-5-3-30-14(29-12-6-24-9-25-18(12)30)8-36-40(33,42)39-17-15(22)13(7-37-41)38-21(17)31-11-28-16-19(31)26-10-27-20(16)32/h6,9-11,13,15,17,21H,2-5,7-8H2,(H,33,42)(H,26,27,32)/t13-,15-,17-,21-,40?,41?/m1/s1. The maximum atomic E-state index is 16.1. The molecule has 6 heterocycles. The van der Waals surface area contributed by atoms with Gasteiger partial charge in [0.25, 0.3) is 5.56 Å². The Morgan fingerprint density at radius 2 is 2.12 bits per heavy atom. The number of rotatable bonds is 4. The van der Waals surface area contributed by atoms with Crippen LogP contribution in [0.2, 0.25) is 0 Å². The molecular formula is C21H22FN9O8P2S2. The zero-order chi connectivity index (χ0) is 30.2. The van der Waals surface area contributed by atoms with Gasteiger partial charge < -0.3 is 42.1 Å². The Labute approximate surface area is 251 Å². The number of nitrogens with zero attached hydrogens (tertiary/aromatic N) is 8. The van der Waals surface area contributed by atoms with Crippen molar-refractivity contribution in [3.05, 3.63) is 52.8 Å². The molecule has 2 aliphatic rings. The van der Waals surface area contributed by atoms with Gasteiger partial charge in [0.15, 0.2) is 29.2 Å². The molecule has 17 nitrogen and oxygen atoms in total. The van der Waals surface area contributed by atoms with E-state index in [2.05, 4.69) is 34.7 Å². The summed E-state index contributed by atoms with van der Waals surface area (Å²) in [5.74, 6) is 0.293. The third kappa shape index (κ3) is 6.30. The minimum Gasteiger partial charge on any atom is -0.346 e. The maximum absolute atomic E-state index is 16.1. The highest BCUT2D eigenvalue weighted by Crippen LogP contribution is 2.53. The van der Waals surface area contributed by atoms with Crippen molar-refractivity contribution in [2.75, 3.05) is 26.4 Å². The molecule has 0 aliphatic carbocycles. The molecule has 6 rings (SSSR count). The molecule has 228 valence electrons. The van der Waals surface area contributed by atoms with Crippen molar-refractivity contribution in [2.45, 2.75) is 37.8 Å². The fourth-order valence-corrected chi connectivity index (χ4v) is 7.64. The van der Waals surface area contributed by atoms with Crippen LogP contribution in [0.4, 0.5) is 4.39 Å². The summed E-state index contributed by atoms with van der Waals surface area (Å²) in [4.78, 5) is 49.8.